The minimum atomic E-state index is -3.55. The van der Waals surface area contributed by atoms with Gasteiger partial charge in [0.15, 0.2) is 0 Å². The number of benzene rings is 1. The molecule has 8 heteroatoms. The Labute approximate surface area is 159 Å². The fourth-order valence-corrected chi connectivity index (χ4v) is 4.86. The van der Waals surface area contributed by atoms with Gasteiger partial charge in [0.25, 0.3) is 0 Å². The third kappa shape index (κ3) is 4.45. The zero-order valence-electron chi connectivity index (χ0n) is 15.6. The van der Waals surface area contributed by atoms with E-state index in [0.717, 1.165) is 25.0 Å². The molecule has 0 radical (unpaired) electrons. The zero-order chi connectivity index (χ0) is 19.4. The Bertz CT molecular complexity index is 957. The Morgan fingerprint density at radius 3 is 2.59 bits per heavy atom. The number of amides is 1. The van der Waals surface area contributed by atoms with E-state index in [4.69, 9.17) is 0 Å². The summed E-state index contributed by atoms with van der Waals surface area (Å²) in [5.74, 6) is -0.332. The van der Waals surface area contributed by atoms with E-state index >= 15 is 0 Å². The smallest absolute Gasteiger partial charge is 0.248 e. The second kappa shape index (κ2) is 8.06. The van der Waals surface area contributed by atoms with Crippen molar-refractivity contribution >= 4 is 27.7 Å². The lowest BCUT2D eigenvalue weighted by molar-refractivity contribution is -0.111. The van der Waals surface area contributed by atoms with E-state index in [0.29, 0.717) is 24.3 Å². The number of carbonyl (C=O) groups excluding carboxylic acids is 1. The van der Waals surface area contributed by atoms with Crippen molar-refractivity contribution in [2.45, 2.75) is 31.1 Å². The van der Waals surface area contributed by atoms with Gasteiger partial charge in [-0.3, -0.25) is 9.48 Å². The van der Waals surface area contributed by atoms with Crippen LogP contribution in [0.3, 0.4) is 0 Å². The summed E-state index contributed by atoms with van der Waals surface area (Å²) in [6.07, 6.45) is 7.53. The highest BCUT2D eigenvalue weighted by atomic mass is 32.2. The number of hydrogen-bond acceptors (Lipinski definition) is 4. The maximum atomic E-state index is 13.0. The lowest BCUT2D eigenvalue weighted by Gasteiger charge is -2.26. The highest BCUT2D eigenvalue weighted by Crippen LogP contribution is 2.26. The lowest BCUT2D eigenvalue weighted by Crippen LogP contribution is -2.36. The van der Waals surface area contributed by atoms with Crippen molar-refractivity contribution in [2.24, 2.45) is 7.05 Å². The van der Waals surface area contributed by atoms with E-state index in [1.54, 1.807) is 49.1 Å². The van der Waals surface area contributed by atoms with E-state index in [1.807, 2.05) is 0 Å². The first kappa shape index (κ1) is 19.3. The molecule has 1 N–H and O–H groups in total. The number of sulfonamides is 1. The van der Waals surface area contributed by atoms with Crippen LogP contribution in [-0.4, -0.2) is 41.5 Å². The normalized spacial score (nSPS) is 15.9. The molecule has 1 fully saturated rings. The molecular weight excluding hydrogens is 364 g/mol. The SMILES string of the molecule is Cc1ccc(NC(=O)C=Cc2ccnn2C)cc1S(=O)(=O)N1CCCCC1. The Morgan fingerprint density at radius 1 is 1.19 bits per heavy atom. The van der Waals surface area contributed by atoms with Gasteiger partial charge in [0, 0.05) is 38.1 Å². The van der Waals surface area contributed by atoms with Crippen molar-refractivity contribution in [3.63, 3.8) is 0 Å². The van der Waals surface area contributed by atoms with Crippen LogP contribution in [0.2, 0.25) is 0 Å². The molecule has 0 spiro atoms. The average Bonchev–Trinajstić information content (AvgIpc) is 3.07. The highest BCUT2D eigenvalue weighted by molar-refractivity contribution is 7.89. The molecule has 1 aliphatic rings. The van der Waals surface area contributed by atoms with Gasteiger partial charge in [-0.25, -0.2) is 8.42 Å². The largest absolute Gasteiger partial charge is 0.322 e. The fraction of sp³-hybridized carbons (Fsp3) is 0.368. The van der Waals surface area contributed by atoms with Crippen LogP contribution in [0.5, 0.6) is 0 Å². The molecular formula is C19H24N4O3S. The number of rotatable bonds is 5. The number of nitrogens with zero attached hydrogens (tertiary/aromatic N) is 3. The van der Waals surface area contributed by atoms with Crippen molar-refractivity contribution in [1.29, 1.82) is 0 Å². The standard InChI is InChI=1S/C19H24N4O3S/c1-15-6-7-16(21-19(24)9-8-17-10-11-20-22(17)2)14-18(15)27(25,26)23-12-4-3-5-13-23/h6-11,14H,3-5,12-13H2,1-2H3,(H,21,24). The number of anilines is 1. The quantitative estimate of drug-likeness (QED) is 0.798. The number of piperidine rings is 1. The minimum absolute atomic E-state index is 0.248. The van der Waals surface area contributed by atoms with E-state index in [9.17, 15) is 13.2 Å². The van der Waals surface area contributed by atoms with Gasteiger partial charge in [0.2, 0.25) is 15.9 Å². The first-order valence-corrected chi connectivity index (χ1v) is 10.4. The maximum Gasteiger partial charge on any atom is 0.248 e. The van der Waals surface area contributed by atoms with Crippen molar-refractivity contribution < 1.29 is 13.2 Å². The molecule has 7 nitrogen and oxygen atoms in total. The topological polar surface area (TPSA) is 84.3 Å². The summed E-state index contributed by atoms with van der Waals surface area (Å²) < 4.78 is 29.1. The van der Waals surface area contributed by atoms with Crippen molar-refractivity contribution in [3.05, 3.63) is 47.8 Å². The molecule has 1 amide bonds. The lowest BCUT2D eigenvalue weighted by atomic mass is 10.2. The summed E-state index contributed by atoms with van der Waals surface area (Å²) in [5.41, 5.74) is 1.92. The molecule has 144 valence electrons. The third-order valence-corrected chi connectivity index (χ3v) is 6.69. The molecule has 2 aromatic rings. The van der Waals surface area contributed by atoms with Crippen molar-refractivity contribution in [2.75, 3.05) is 18.4 Å². The summed E-state index contributed by atoms with van der Waals surface area (Å²) >= 11 is 0. The van der Waals surface area contributed by atoms with Gasteiger partial charge in [-0.05, 0) is 49.6 Å². The predicted molar refractivity (Wildman–Crippen MR) is 105 cm³/mol. The molecule has 1 aromatic heterocycles. The van der Waals surface area contributed by atoms with Crippen molar-refractivity contribution in [3.8, 4) is 0 Å². The Balaban J connectivity index is 1.77. The van der Waals surface area contributed by atoms with Gasteiger partial charge in [-0.15, -0.1) is 0 Å². The summed E-state index contributed by atoms with van der Waals surface area (Å²) in [4.78, 5) is 12.4. The summed E-state index contributed by atoms with van der Waals surface area (Å²) in [6, 6.07) is 6.76. The fourth-order valence-electron chi connectivity index (χ4n) is 3.09. The number of carbonyl (C=O) groups is 1. The van der Waals surface area contributed by atoms with E-state index in [-0.39, 0.29) is 10.8 Å². The molecule has 1 saturated heterocycles. The molecule has 3 rings (SSSR count). The average molecular weight is 388 g/mol. The van der Waals surface area contributed by atoms with Gasteiger partial charge in [0.05, 0.1) is 10.6 Å². The first-order chi connectivity index (χ1) is 12.9. The van der Waals surface area contributed by atoms with E-state index in [1.165, 1.54) is 16.4 Å². The van der Waals surface area contributed by atoms with E-state index < -0.39 is 10.0 Å². The highest BCUT2D eigenvalue weighted by Gasteiger charge is 2.27. The number of nitrogens with one attached hydrogen (secondary N) is 1. The molecule has 0 unspecified atom stereocenters. The molecule has 1 aromatic carbocycles. The predicted octanol–water partition coefficient (Wildman–Crippen LogP) is 2.56. The molecule has 0 aliphatic carbocycles. The van der Waals surface area contributed by atoms with Crippen LogP contribution in [0.15, 0.2) is 41.4 Å². The van der Waals surface area contributed by atoms with Crippen LogP contribution in [0.1, 0.15) is 30.5 Å². The Hall–Kier alpha value is -2.45. The van der Waals surface area contributed by atoms with Crippen LogP contribution in [-0.2, 0) is 21.9 Å². The van der Waals surface area contributed by atoms with Crippen LogP contribution in [0.25, 0.3) is 6.08 Å². The van der Waals surface area contributed by atoms with Crippen molar-refractivity contribution in [1.82, 2.24) is 14.1 Å². The molecule has 0 atom stereocenters. The molecule has 0 bridgehead atoms. The number of aromatic nitrogens is 2. The van der Waals surface area contributed by atoms with Gasteiger partial charge in [-0.2, -0.15) is 9.40 Å². The summed E-state index contributed by atoms with van der Waals surface area (Å²) in [7, 11) is -1.76. The van der Waals surface area contributed by atoms with Crippen LogP contribution in [0, 0.1) is 6.92 Å². The van der Waals surface area contributed by atoms with Gasteiger partial charge in [0.1, 0.15) is 0 Å². The number of aryl methyl sites for hydroxylation is 2. The van der Waals surface area contributed by atoms with Gasteiger partial charge >= 0.3 is 0 Å². The third-order valence-electron chi connectivity index (χ3n) is 4.65. The van der Waals surface area contributed by atoms with Crippen LogP contribution < -0.4 is 5.32 Å². The van der Waals surface area contributed by atoms with Gasteiger partial charge in [-0.1, -0.05) is 12.5 Å². The van der Waals surface area contributed by atoms with Crippen LogP contribution >= 0.6 is 0 Å². The summed E-state index contributed by atoms with van der Waals surface area (Å²) in [5, 5.41) is 6.76. The maximum absolute atomic E-state index is 13.0. The monoisotopic (exact) mass is 388 g/mol. The molecule has 0 saturated carbocycles. The van der Waals surface area contributed by atoms with Gasteiger partial charge < -0.3 is 5.32 Å². The first-order valence-electron chi connectivity index (χ1n) is 8.96. The zero-order valence-corrected chi connectivity index (χ0v) is 16.4. The Morgan fingerprint density at radius 2 is 1.93 bits per heavy atom. The second-order valence-electron chi connectivity index (χ2n) is 6.65. The Kier molecular flexibility index (Phi) is 5.76. The second-order valence-corrected chi connectivity index (χ2v) is 8.55. The van der Waals surface area contributed by atoms with E-state index in [2.05, 4.69) is 10.4 Å². The van der Waals surface area contributed by atoms with Crippen LogP contribution in [0.4, 0.5) is 5.69 Å². The molecule has 1 aliphatic heterocycles. The molecule has 2 heterocycles. The molecule has 27 heavy (non-hydrogen) atoms. The minimum Gasteiger partial charge on any atom is -0.322 e. The number of hydrogen-bond donors (Lipinski definition) is 1. The summed E-state index contributed by atoms with van der Waals surface area (Å²) in [6.45, 7) is 2.86.